The van der Waals surface area contributed by atoms with E-state index in [4.69, 9.17) is 37.9 Å². The van der Waals surface area contributed by atoms with Crippen LogP contribution in [0.3, 0.4) is 0 Å². The van der Waals surface area contributed by atoms with Crippen molar-refractivity contribution in [3.05, 3.63) is 52.6 Å². The summed E-state index contributed by atoms with van der Waals surface area (Å²) in [6, 6.07) is 13.2. The molecule has 5 rings (SSSR count). The molecule has 44 heavy (non-hydrogen) atoms. The highest BCUT2D eigenvalue weighted by Gasteiger charge is 2.32. The molecule has 0 atom stereocenters. The van der Waals surface area contributed by atoms with Gasteiger partial charge in [0, 0.05) is 34.9 Å². The highest BCUT2D eigenvalue weighted by Crippen LogP contribution is 2.54. The molecule has 0 unspecified atom stereocenters. The predicted octanol–water partition coefficient (Wildman–Crippen LogP) is 7.39. The van der Waals surface area contributed by atoms with Gasteiger partial charge in [-0.1, -0.05) is 6.07 Å². The van der Waals surface area contributed by atoms with E-state index in [1.165, 1.54) is 7.11 Å². The number of aryl methyl sites for hydroxylation is 1. The second-order valence-corrected chi connectivity index (χ2v) is 10.5. The molecule has 2 heterocycles. The van der Waals surface area contributed by atoms with Crippen LogP contribution in [-0.4, -0.2) is 60.0 Å². The average molecular weight is 669 g/mol. The summed E-state index contributed by atoms with van der Waals surface area (Å²) in [6.45, 7) is 2.54. The first-order valence-electron chi connectivity index (χ1n) is 13.8. The smallest absolute Gasteiger partial charge is 0.493 e. The number of nitrogens with zero attached hydrogens (tertiary/aromatic N) is 1. The Bertz CT molecular complexity index is 1710. The van der Waals surface area contributed by atoms with Crippen LogP contribution in [-0.2, 0) is 17.7 Å². The highest BCUT2D eigenvalue weighted by atomic mass is 79.9. The molecule has 0 amide bonds. The lowest BCUT2D eigenvalue weighted by atomic mass is 9.90. The van der Waals surface area contributed by atoms with E-state index >= 15 is 0 Å². The highest BCUT2D eigenvalue weighted by molar-refractivity contribution is 9.10. The van der Waals surface area contributed by atoms with Gasteiger partial charge >= 0.3 is 6.16 Å². The maximum Gasteiger partial charge on any atom is 0.513 e. The van der Waals surface area contributed by atoms with Gasteiger partial charge in [0.1, 0.15) is 5.75 Å². The van der Waals surface area contributed by atoms with Crippen molar-refractivity contribution < 1.29 is 42.7 Å². The Hall–Kier alpha value is -4.51. The van der Waals surface area contributed by atoms with Gasteiger partial charge in [0.05, 0.1) is 59.6 Å². The number of hydrogen-bond donors (Lipinski definition) is 0. The van der Waals surface area contributed by atoms with E-state index in [0.29, 0.717) is 46.6 Å². The van der Waals surface area contributed by atoms with Crippen LogP contribution in [0.1, 0.15) is 12.5 Å². The van der Waals surface area contributed by atoms with E-state index in [2.05, 4.69) is 20.5 Å². The SMILES string of the molecule is CCOC(=O)Oc1cc(OC)c(OC)cc1-c1c(-c2ccc(OC)c(OC)c2)c2n(c1Br)CCc1cc(OC)c(OC)cc1-2. The zero-order valence-corrected chi connectivity index (χ0v) is 27.2. The third-order valence-electron chi connectivity index (χ3n) is 7.55. The quantitative estimate of drug-likeness (QED) is 0.127. The molecule has 0 saturated heterocycles. The fourth-order valence-electron chi connectivity index (χ4n) is 5.56. The largest absolute Gasteiger partial charge is 0.513 e. The van der Waals surface area contributed by atoms with E-state index in [1.807, 2.05) is 30.3 Å². The molecule has 1 aliphatic rings. The molecule has 0 radical (unpaired) electrons. The molecular weight excluding hydrogens is 634 g/mol. The van der Waals surface area contributed by atoms with Gasteiger partial charge in [0.15, 0.2) is 34.5 Å². The molecule has 0 saturated carbocycles. The summed E-state index contributed by atoms with van der Waals surface area (Å²) in [5, 5.41) is 0. The summed E-state index contributed by atoms with van der Waals surface area (Å²) < 4.78 is 47.7. The Kier molecular flexibility index (Phi) is 9.14. The summed E-state index contributed by atoms with van der Waals surface area (Å²) in [4.78, 5) is 12.6. The maximum atomic E-state index is 12.6. The number of benzene rings is 3. The molecule has 0 N–H and O–H groups in total. The Labute approximate surface area is 264 Å². The summed E-state index contributed by atoms with van der Waals surface area (Å²) >= 11 is 3.92. The number of fused-ring (bicyclic) bond motifs is 3. The third-order valence-corrected chi connectivity index (χ3v) is 8.38. The van der Waals surface area contributed by atoms with Gasteiger partial charge in [0.25, 0.3) is 0 Å². The van der Waals surface area contributed by atoms with Crippen molar-refractivity contribution in [2.45, 2.75) is 19.9 Å². The van der Waals surface area contributed by atoms with Crippen LogP contribution >= 0.6 is 15.9 Å². The second kappa shape index (κ2) is 13.0. The van der Waals surface area contributed by atoms with Crippen molar-refractivity contribution >= 4 is 22.1 Å². The van der Waals surface area contributed by atoms with E-state index in [0.717, 1.165) is 44.5 Å². The van der Waals surface area contributed by atoms with E-state index < -0.39 is 6.16 Å². The number of halogens is 1. The van der Waals surface area contributed by atoms with Crippen molar-refractivity contribution in [3.8, 4) is 73.8 Å². The molecule has 1 aromatic heterocycles. The van der Waals surface area contributed by atoms with Gasteiger partial charge < -0.3 is 42.5 Å². The van der Waals surface area contributed by atoms with Gasteiger partial charge in [0.2, 0.25) is 0 Å². The fraction of sp³-hybridized carbons (Fsp3) is 0.303. The minimum Gasteiger partial charge on any atom is -0.493 e. The van der Waals surface area contributed by atoms with Gasteiger partial charge in [-0.3, -0.25) is 0 Å². The number of ether oxygens (including phenoxy) is 8. The molecule has 0 bridgehead atoms. The number of rotatable bonds is 10. The van der Waals surface area contributed by atoms with Gasteiger partial charge in [-0.25, -0.2) is 4.79 Å². The first kappa shape index (κ1) is 30.9. The van der Waals surface area contributed by atoms with Crippen LogP contribution < -0.4 is 33.2 Å². The van der Waals surface area contributed by atoms with Crippen molar-refractivity contribution in [1.82, 2.24) is 4.57 Å². The zero-order valence-electron chi connectivity index (χ0n) is 25.7. The molecule has 0 fully saturated rings. The Morgan fingerprint density at radius 3 is 1.89 bits per heavy atom. The van der Waals surface area contributed by atoms with E-state index in [1.54, 1.807) is 54.6 Å². The molecule has 11 heteroatoms. The van der Waals surface area contributed by atoms with Gasteiger partial charge in [-0.2, -0.15) is 0 Å². The fourth-order valence-corrected chi connectivity index (χ4v) is 6.32. The monoisotopic (exact) mass is 667 g/mol. The van der Waals surface area contributed by atoms with Crippen molar-refractivity contribution in [3.63, 3.8) is 0 Å². The number of methoxy groups -OCH3 is 6. The topological polar surface area (TPSA) is 95.8 Å². The van der Waals surface area contributed by atoms with Crippen molar-refractivity contribution in [1.29, 1.82) is 0 Å². The molecule has 0 aliphatic carbocycles. The van der Waals surface area contributed by atoms with E-state index in [9.17, 15) is 4.79 Å². The van der Waals surface area contributed by atoms with Gasteiger partial charge in [-0.05, 0) is 70.7 Å². The molecule has 4 aromatic rings. The van der Waals surface area contributed by atoms with E-state index in [-0.39, 0.29) is 12.4 Å². The Morgan fingerprint density at radius 2 is 1.27 bits per heavy atom. The van der Waals surface area contributed by atoms with Crippen LogP contribution in [0.15, 0.2) is 47.1 Å². The maximum absolute atomic E-state index is 12.6. The van der Waals surface area contributed by atoms with Crippen LogP contribution in [0, 0.1) is 0 Å². The number of hydrogen-bond acceptors (Lipinski definition) is 9. The molecule has 3 aromatic carbocycles. The lowest BCUT2D eigenvalue weighted by Gasteiger charge is -2.23. The van der Waals surface area contributed by atoms with Crippen LogP contribution in [0.25, 0.3) is 33.5 Å². The minimum atomic E-state index is -0.837. The molecule has 0 spiro atoms. The van der Waals surface area contributed by atoms with Crippen molar-refractivity contribution in [2.24, 2.45) is 0 Å². The lowest BCUT2D eigenvalue weighted by Crippen LogP contribution is -2.12. The van der Waals surface area contributed by atoms with Crippen LogP contribution in [0.5, 0.6) is 40.2 Å². The van der Waals surface area contributed by atoms with Crippen LogP contribution in [0.4, 0.5) is 4.79 Å². The minimum absolute atomic E-state index is 0.157. The first-order valence-corrected chi connectivity index (χ1v) is 14.6. The summed E-state index contributed by atoms with van der Waals surface area (Å²) in [6.07, 6.45) is -0.0882. The first-order chi connectivity index (χ1) is 21.3. The molecule has 1 aliphatic heterocycles. The molecule has 232 valence electrons. The Morgan fingerprint density at radius 1 is 0.705 bits per heavy atom. The predicted molar refractivity (Wildman–Crippen MR) is 169 cm³/mol. The van der Waals surface area contributed by atoms with Crippen LogP contribution in [0.2, 0.25) is 0 Å². The van der Waals surface area contributed by atoms with Crippen molar-refractivity contribution in [2.75, 3.05) is 49.3 Å². The van der Waals surface area contributed by atoms with Gasteiger partial charge in [-0.15, -0.1) is 0 Å². The zero-order chi connectivity index (χ0) is 31.5. The number of carbonyl (C=O) groups excluding carboxylic acids is 1. The normalized spacial score (nSPS) is 11.6. The number of aromatic nitrogens is 1. The third kappa shape index (κ3) is 5.36. The number of carbonyl (C=O) groups is 1. The second-order valence-electron chi connectivity index (χ2n) is 9.71. The standard InChI is InChI=1S/C33H34BrNO9/c1-8-43-33(36)44-23-17-28(42-7)27(41-6)16-21(23)30-29(19-9-10-22(37-2)24(14-19)38-3)31-20-15-26(40-5)25(39-4)13-18(20)11-12-35(31)32(30)34/h9-10,13-17H,8,11-12H2,1-7H3. The summed E-state index contributed by atoms with van der Waals surface area (Å²) in [5.74, 6) is 3.50. The Balaban J connectivity index is 1.90. The molecular formula is C33H34BrNO9. The summed E-state index contributed by atoms with van der Waals surface area (Å²) in [5.41, 5.74) is 6.03. The molecule has 10 nitrogen and oxygen atoms in total. The lowest BCUT2D eigenvalue weighted by molar-refractivity contribution is 0.104. The summed E-state index contributed by atoms with van der Waals surface area (Å²) in [7, 11) is 9.51. The average Bonchev–Trinajstić information content (AvgIpc) is 3.35.